The Labute approximate surface area is 126 Å². The van der Waals surface area contributed by atoms with Crippen LogP contribution in [0.15, 0.2) is 35.7 Å². The van der Waals surface area contributed by atoms with Crippen molar-refractivity contribution in [2.24, 2.45) is 0 Å². The zero-order valence-corrected chi connectivity index (χ0v) is 12.6. The van der Waals surface area contributed by atoms with Gasteiger partial charge in [0, 0.05) is 31.2 Å². The fourth-order valence-electron chi connectivity index (χ4n) is 1.64. The highest BCUT2D eigenvalue weighted by Crippen LogP contribution is 2.31. The van der Waals surface area contributed by atoms with Crippen LogP contribution in [0.5, 0.6) is 0 Å². The van der Waals surface area contributed by atoms with E-state index in [9.17, 15) is 8.42 Å². The summed E-state index contributed by atoms with van der Waals surface area (Å²) in [6.45, 7) is 0.638. The molecule has 0 fully saturated rings. The normalized spacial score (nSPS) is 11.7. The van der Waals surface area contributed by atoms with Crippen LogP contribution in [-0.2, 0) is 16.6 Å². The van der Waals surface area contributed by atoms with Gasteiger partial charge in [0.25, 0.3) is 0 Å². The number of nitrogens with two attached hydrogens (primary N) is 1. The highest BCUT2D eigenvalue weighted by atomic mass is 35.5. The Morgan fingerprint density at radius 2 is 1.95 bits per heavy atom. The van der Waals surface area contributed by atoms with Gasteiger partial charge < -0.3 is 10.3 Å². The van der Waals surface area contributed by atoms with Crippen LogP contribution in [-0.4, -0.2) is 24.5 Å². The van der Waals surface area contributed by atoms with Crippen molar-refractivity contribution >= 4 is 38.9 Å². The molecule has 9 heteroatoms. The molecule has 0 aliphatic rings. The lowest BCUT2D eigenvalue weighted by molar-refractivity contribution is 0.573. The maximum Gasteiger partial charge on any atom is 0.243 e. The van der Waals surface area contributed by atoms with E-state index in [0.717, 1.165) is 0 Å². The molecule has 0 amide bonds. The van der Waals surface area contributed by atoms with E-state index < -0.39 is 10.0 Å². The van der Waals surface area contributed by atoms with Gasteiger partial charge in [-0.3, -0.25) is 0 Å². The van der Waals surface area contributed by atoms with Crippen LogP contribution >= 0.6 is 23.2 Å². The predicted octanol–water partition coefficient (Wildman–Crippen LogP) is 1.75. The van der Waals surface area contributed by atoms with E-state index >= 15 is 0 Å². The Kier molecular flexibility index (Phi) is 4.54. The first-order chi connectivity index (χ1) is 9.40. The van der Waals surface area contributed by atoms with Gasteiger partial charge in [-0.05, 0) is 12.1 Å². The van der Waals surface area contributed by atoms with Gasteiger partial charge in [0.1, 0.15) is 4.90 Å². The van der Waals surface area contributed by atoms with Crippen molar-refractivity contribution in [1.82, 2.24) is 14.3 Å². The SMILES string of the molecule is Nc1cc(Cl)c(S(=O)(=O)NCCn2ccnc2)c(Cl)c1. The molecule has 1 aromatic carbocycles. The van der Waals surface area contributed by atoms with Crippen molar-refractivity contribution in [3.8, 4) is 0 Å². The third-order valence-corrected chi connectivity index (χ3v) is 4.89. The second kappa shape index (κ2) is 6.01. The average Bonchev–Trinajstić information content (AvgIpc) is 2.79. The Morgan fingerprint density at radius 3 is 2.50 bits per heavy atom. The molecule has 20 heavy (non-hydrogen) atoms. The largest absolute Gasteiger partial charge is 0.399 e. The highest BCUT2D eigenvalue weighted by Gasteiger charge is 2.21. The number of anilines is 1. The summed E-state index contributed by atoms with van der Waals surface area (Å²) in [4.78, 5) is 3.70. The molecular formula is C11H12Cl2N4O2S. The van der Waals surface area contributed by atoms with Crippen LogP contribution in [0.1, 0.15) is 0 Å². The lowest BCUT2D eigenvalue weighted by atomic mass is 10.3. The Morgan fingerprint density at radius 1 is 1.30 bits per heavy atom. The molecule has 1 heterocycles. The molecule has 0 atom stereocenters. The number of aromatic nitrogens is 2. The molecule has 0 radical (unpaired) electrons. The summed E-state index contributed by atoms with van der Waals surface area (Å²) in [5.74, 6) is 0. The molecule has 0 aliphatic carbocycles. The molecular weight excluding hydrogens is 323 g/mol. The minimum absolute atomic E-state index is 0.00914. The molecule has 2 aromatic rings. The van der Waals surface area contributed by atoms with E-state index in [1.807, 2.05) is 0 Å². The fourth-order valence-corrected chi connectivity index (χ4v) is 3.89. The van der Waals surface area contributed by atoms with E-state index in [1.165, 1.54) is 12.1 Å². The fraction of sp³-hybridized carbons (Fsp3) is 0.182. The molecule has 1 aromatic heterocycles. The summed E-state index contributed by atoms with van der Waals surface area (Å²) in [5, 5.41) is -0.0183. The van der Waals surface area contributed by atoms with Crippen molar-refractivity contribution in [2.75, 3.05) is 12.3 Å². The van der Waals surface area contributed by atoms with Gasteiger partial charge in [0.2, 0.25) is 10.0 Å². The van der Waals surface area contributed by atoms with Gasteiger partial charge in [0.05, 0.1) is 16.4 Å². The van der Waals surface area contributed by atoms with Crippen LogP contribution in [0.25, 0.3) is 0 Å². The van der Waals surface area contributed by atoms with Gasteiger partial charge >= 0.3 is 0 Å². The first-order valence-corrected chi connectivity index (χ1v) is 7.84. The van der Waals surface area contributed by atoms with Gasteiger partial charge in [-0.2, -0.15) is 0 Å². The van der Waals surface area contributed by atoms with Crippen molar-refractivity contribution in [3.63, 3.8) is 0 Å². The summed E-state index contributed by atoms with van der Waals surface area (Å²) in [6, 6.07) is 2.69. The predicted molar refractivity (Wildman–Crippen MR) is 78.3 cm³/mol. The van der Waals surface area contributed by atoms with E-state index in [0.29, 0.717) is 12.2 Å². The Hall–Kier alpha value is -1.28. The quantitative estimate of drug-likeness (QED) is 0.815. The zero-order valence-electron chi connectivity index (χ0n) is 10.3. The summed E-state index contributed by atoms with van der Waals surface area (Å²) in [7, 11) is -3.79. The van der Waals surface area contributed by atoms with Crippen molar-refractivity contribution in [1.29, 1.82) is 0 Å². The lowest BCUT2D eigenvalue weighted by Gasteiger charge is -2.11. The Balaban J connectivity index is 2.14. The zero-order chi connectivity index (χ0) is 14.8. The van der Waals surface area contributed by atoms with E-state index in [-0.39, 0.29) is 21.5 Å². The minimum atomic E-state index is -3.79. The van der Waals surface area contributed by atoms with Gasteiger partial charge in [-0.25, -0.2) is 18.1 Å². The number of benzene rings is 1. The van der Waals surface area contributed by atoms with Crippen LogP contribution in [0.4, 0.5) is 5.69 Å². The standard InChI is InChI=1S/C11H12Cl2N4O2S/c12-9-5-8(14)6-10(13)11(9)20(18,19)16-2-4-17-3-1-15-7-17/h1,3,5-7,16H,2,4,14H2. The number of nitrogens with one attached hydrogen (secondary N) is 1. The number of nitrogens with zero attached hydrogens (tertiary/aromatic N) is 2. The molecule has 2 rings (SSSR count). The van der Waals surface area contributed by atoms with Gasteiger partial charge in [0.15, 0.2) is 0 Å². The molecule has 0 saturated carbocycles. The van der Waals surface area contributed by atoms with Crippen LogP contribution < -0.4 is 10.5 Å². The van der Waals surface area contributed by atoms with Gasteiger partial charge in [-0.1, -0.05) is 23.2 Å². The Bertz CT molecular complexity index is 678. The minimum Gasteiger partial charge on any atom is -0.399 e. The van der Waals surface area contributed by atoms with E-state index in [1.54, 1.807) is 23.3 Å². The number of nitrogen functional groups attached to an aromatic ring is 1. The third-order valence-electron chi connectivity index (χ3n) is 2.51. The number of imidazole rings is 1. The van der Waals surface area contributed by atoms with E-state index in [4.69, 9.17) is 28.9 Å². The van der Waals surface area contributed by atoms with Crippen LogP contribution in [0, 0.1) is 0 Å². The van der Waals surface area contributed by atoms with Crippen molar-refractivity contribution in [2.45, 2.75) is 11.4 Å². The third kappa shape index (κ3) is 3.43. The number of halogens is 2. The molecule has 0 spiro atoms. The molecule has 6 nitrogen and oxygen atoms in total. The topological polar surface area (TPSA) is 90.0 Å². The molecule has 0 unspecified atom stereocenters. The number of hydrogen-bond donors (Lipinski definition) is 2. The number of hydrogen-bond acceptors (Lipinski definition) is 4. The monoisotopic (exact) mass is 334 g/mol. The second-order valence-corrected chi connectivity index (χ2v) is 6.53. The van der Waals surface area contributed by atoms with Crippen LogP contribution in [0.3, 0.4) is 0 Å². The van der Waals surface area contributed by atoms with E-state index in [2.05, 4.69) is 9.71 Å². The molecule has 0 aliphatic heterocycles. The summed E-state index contributed by atoms with van der Waals surface area (Å²) in [6.07, 6.45) is 4.94. The van der Waals surface area contributed by atoms with Gasteiger partial charge in [-0.15, -0.1) is 0 Å². The molecule has 108 valence electrons. The number of rotatable bonds is 5. The lowest BCUT2D eigenvalue weighted by Crippen LogP contribution is -2.27. The molecule has 0 bridgehead atoms. The van der Waals surface area contributed by atoms with Crippen molar-refractivity contribution in [3.05, 3.63) is 40.9 Å². The maximum atomic E-state index is 12.2. The first-order valence-electron chi connectivity index (χ1n) is 5.60. The average molecular weight is 335 g/mol. The number of sulfonamides is 1. The van der Waals surface area contributed by atoms with Crippen LogP contribution in [0.2, 0.25) is 10.0 Å². The smallest absolute Gasteiger partial charge is 0.243 e. The molecule has 3 N–H and O–H groups in total. The summed E-state index contributed by atoms with van der Waals surface area (Å²) < 4.78 is 28.5. The highest BCUT2D eigenvalue weighted by molar-refractivity contribution is 7.89. The summed E-state index contributed by atoms with van der Waals surface area (Å²) in [5.41, 5.74) is 5.84. The maximum absolute atomic E-state index is 12.2. The molecule has 0 saturated heterocycles. The first kappa shape index (κ1) is 15.1. The summed E-state index contributed by atoms with van der Waals surface area (Å²) >= 11 is 11.8. The van der Waals surface area contributed by atoms with Crippen molar-refractivity contribution < 1.29 is 8.42 Å². The second-order valence-electron chi connectivity index (χ2n) is 4.01.